The number of benzene rings is 2. The van der Waals surface area contributed by atoms with E-state index in [4.69, 9.17) is 5.73 Å². The summed E-state index contributed by atoms with van der Waals surface area (Å²) in [6, 6.07) is 15.9. The van der Waals surface area contributed by atoms with Crippen LogP contribution < -0.4 is 5.73 Å². The molecule has 0 bridgehead atoms. The molecule has 2 aromatic rings. The van der Waals surface area contributed by atoms with Crippen molar-refractivity contribution in [1.29, 1.82) is 5.26 Å². The summed E-state index contributed by atoms with van der Waals surface area (Å²) >= 11 is 1.76. The number of nitrogens with zero attached hydrogens (tertiary/aromatic N) is 2. The highest BCUT2D eigenvalue weighted by Crippen LogP contribution is 2.52. The van der Waals surface area contributed by atoms with Gasteiger partial charge in [0.1, 0.15) is 5.82 Å². The molecular weight excluding hydrogens is 414 g/mol. The standard InChI is InChI=1S/C25H23N3OS.C2H6/c1-4-17(5-2)22-13-25(14-23(27)28(3)24(25)29)20-12-19(9-10-21(20)30-22)18-8-6-7-16(11-18)15-26;1-2/h4-12,14,22H,1,13,27H2,2-3H3;1-2H3/b17-5+;. The number of thioether (sulfide) groups is 1. The molecule has 2 aliphatic heterocycles. The Balaban J connectivity index is 0.00000141. The summed E-state index contributed by atoms with van der Waals surface area (Å²) in [5.41, 5.74) is 10.0. The molecule has 32 heavy (non-hydrogen) atoms. The highest BCUT2D eigenvalue weighted by atomic mass is 32.2. The van der Waals surface area contributed by atoms with Crippen LogP contribution in [0.4, 0.5) is 0 Å². The van der Waals surface area contributed by atoms with Crippen LogP contribution in [0.15, 0.2) is 83.6 Å². The summed E-state index contributed by atoms with van der Waals surface area (Å²) < 4.78 is 0. The van der Waals surface area contributed by atoms with Gasteiger partial charge in [0.05, 0.1) is 17.0 Å². The highest BCUT2D eigenvalue weighted by molar-refractivity contribution is 8.00. The van der Waals surface area contributed by atoms with Crippen LogP contribution in [0.1, 0.15) is 38.3 Å². The number of nitrogens with two attached hydrogens (primary N) is 1. The first kappa shape index (κ1) is 23.4. The van der Waals surface area contributed by atoms with Crippen LogP contribution in [0, 0.1) is 11.3 Å². The Morgan fingerprint density at radius 1 is 1.28 bits per heavy atom. The number of nitriles is 1. The highest BCUT2D eigenvalue weighted by Gasteiger charge is 2.51. The van der Waals surface area contributed by atoms with Crippen molar-refractivity contribution in [2.75, 3.05) is 7.05 Å². The van der Waals surface area contributed by atoms with Gasteiger partial charge in [-0.3, -0.25) is 4.79 Å². The SMILES string of the molecule is C=C/C(=C\C)C1CC2(C=C(N)N(C)C2=O)c2cc(-c3cccc(C#N)c3)ccc2S1.CC. The van der Waals surface area contributed by atoms with Crippen molar-refractivity contribution in [3.8, 4) is 17.2 Å². The first-order valence-corrected chi connectivity index (χ1v) is 11.7. The van der Waals surface area contributed by atoms with E-state index in [1.54, 1.807) is 29.8 Å². The predicted octanol–water partition coefficient (Wildman–Crippen LogP) is 5.76. The van der Waals surface area contributed by atoms with E-state index in [9.17, 15) is 10.1 Å². The van der Waals surface area contributed by atoms with Crippen molar-refractivity contribution in [1.82, 2.24) is 4.90 Å². The van der Waals surface area contributed by atoms with Gasteiger partial charge in [0.25, 0.3) is 0 Å². The summed E-state index contributed by atoms with van der Waals surface area (Å²) in [7, 11) is 1.73. The van der Waals surface area contributed by atoms with Gasteiger partial charge < -0.3 is 10.6 Å². The molecule has 2 heterocycles. The Kier molecular flexibility index (Phi) is 6.96. The molecule has 0 aromatic heterocycles. The van der Waals surface area contributed by atoms with Crippen molar-refractivity contribution in [2.24, 2.45) is 5.73 Å². The number of carbonyl (C=O) groups excluding carboxylic acids is 1. The zero-order valence-electron chi connectivity index (χ0n) is 19.1. The normalized spacial score (nSPS) is 21.9. The van der Waals surface area contributed by atoms with E-state index >= 15 is 0 Å². The molecule has 2 unspecified atom stereocenters. The Labute approximate surface area is 195 Å². The maximum absolute atomic E-state index is 13.4. The van der Waals surface area contributed by atoms with Gasteiger partial charge in [0.2, 0.25) is 5.91 Å². The van der Waals surface area contributed by atoms with Crippen LogP contribution >= 0.6 is 11.8 Å². The first-order valence-electron chi connectivity index (χ1n) is 10.8. The lowest BCUT2D eigenvalue weighted by Crippen LogP contribution is -2.42. The molecule has 164 valence electrons. The van der Waals surface area contributed by atoms with E-state index in [1.165, 1.54) is 0 Å². The van der Waals surface area contributed by atoms with E-state index in [2.05, 4.69) is 36.9 Å². The molecule has 1 amide bonds. The Morgan fingerprint density at radius 3 is 2.59 bits per heavy atom. The van der Waals surface area contributed by atoms with Crippen molar-refractivity contribution in [3.05, 3.63) is 89.8 Å². The number of carbonyl (C=O) groups is 1. The molecule has 0 saturated carbocycles. The molecule has 4 rings (SSSR count). The lowest BCUT2D eigenvalue weighted by Gasteiger charge is -2.38. The van der Waals surface area contributed by atoms with Crippen LogP contribution in [-0.2, 0) is 10.2 Å². The van der Waals surface area contributed by atoms with Crippen molar-refractivity contribution in [3.63, 3.8) is 0 Å². The lowest BCUT2D eigenvalue weighted by molar-refractivity contribution is -0.131. The van der Waals surface area contributed by atoms with Gasteiger partial charge in [0.15, 0.2) is 0 Å². The third-order valence-electron chi connectivity index (χ3n) is 5.97. The van der Waals surface area contributed by atoms with Crippen molar-refractivity contribution < 1.29 is 4.79 Å². The molecule has 2 aliphatic rings. The smallest absolute Gasteiger partial charge is 0.242 e. The molecule has 2 atom stereocenters. The molecular formula is C27H29N3OS. The minimum absolute atomic E-state index is 0.00556. The van der Waals surface area contributed by atoms with Gasteiger partial charge in [-0.15, -0.1) is 11.8 Å². The maximum Gasteiger partial charge on any atom is 0.242 e. The van der Waals surface area contributed by atoms with Crippen molar-refractivity contribution >= 4 is 17.7 Å². The molecule has 0 radical (unpaired) electrons. The molecule has 0 saturated heterocycles. The second kappa shape index (κ2) is 9.50. The van der Waals surface area contributed by atoms with Crippen molar-refractivity contribution in [2.45, 2.75) is 42.8 Å². The Hall–Kier alpha value is -3.23. The number of rotatable bonds is 3. The zero-order chi connectivity index (χ0) is 23.5. The van der Waals surface area contributed by atoms with Crippen LogP contribution in [0.3, 0.4) is 0 Å². The van der Waals surface area contributed by atoms with E-state index < -0.39 is 5.41 Å². The fourth-order valence-corrected chi connectivity index (χ4v) is 5.85. The third kappa shape index (κ3) is 3.87. The van der Waals surface area contributed by atoms with Gasteiger partial charge >= 0.3 is 0 Å². The summed E-state index contributed by atoms with van der Waals surface area (Å²) in [6.07, 6.45) is 6.46. The van der Waals surface area contributed by atoms with Gasteiger partial charge in [-0.05, 0) is 65.9 Å². The second-order valence-electron chi connectivity index (χ2n) is 7.61. The number of hydrogen-bond acceptors (Lipinski definition) is 4. The number of hydrogen-bond donors (Lipinski definition) is 1. The molecule has 2 N–H and O–H groups in total. The van der Waals surface area contributed by atoms with E-state index in [0.717, 1.165) is 27.2 Å². The number of likely N-dealkylation sites (N-methyl/N-ethyl adjacent to an activating group) is 1. The Morgan fingerprint density at radius 2 is 2.00 bits per heavy atom. The van der Waals surface area contributed by atoms with Gasteiger partial charge in [-0.2, -0.15) is 5.26 Å². The number of fused-ring (bicyclic) bond motifs is 2. The maximum atomic E-state index is 13.4. The number of allylic oxidation sites excluding steroid dienone is 2. The molecule has 0 aliphatic carbocycles. The van der Waals surface area contributed by atoms with E-state index in [0.29, 0.717) is 17.8 Å². The molecule has 1 spiro atoms. The lowest BCUT2D eigenvalue weighted by atomic mass is 9.74. The fourth-order valence-electron chi connectivity index (χ4n) is 4.31. The topological polar surface area (TPSA) is 70.1 Å². The fraction of sp³-hybridized carbons (Fsp3) is 0.259. The quantitative estimate of drug-likeness (QED) is 0.613. The third-order valence-corrected chi connectivity index (χ3v) is 7.30. The summed E-state index contributed by atoms with van der Waals surface area (Å²) in [4.78, 5) is 16.1. The van der Waals surface area contributed by atoms with Gasteiger partial charge in [-0.1, -0.05) is 50.8 Å². The number of amides is 1. The van der Waals surface area contributed by atoms with Gasteiger partial charge in [-0.25, -0.2) is 0 Å². The van der Waals surface area contributed by atoms with Crippen LogP contribution in [0.5, 0.6) is 0 Å². The van der Waals surface area contributed by atoms with E-state index in [-0.39, 0.29) is 11.2 Å². The largest absolute Gasteiger partial charge is 0.385 e. The van der Waals surface area contributed by atoms with Crippen LogP contribution in [0.2, 0.25) is 0 Å². The molecule has 4 nitrogen and oxygen atoms in total. The average molecular weight is 444 g/mol. The summed E-state index contributed by atoms with van der Waals surface area (Å²) in [6.45, 7) is 9.95. The monoisotopic (exact) mass is 443 g/mol. The van der Waals surface area contributed by atoms with Crippen LogP contribution in [0.25, 0.3) is 11.1 Å². The summed E-state index contributed by atoms with van der Waals surface area (Å²) in [5, 5.41) is 9.37. The second-order valence-corrected chi connectivity index (χ2v) is 8.86. The molecule has 0 fully saturated rings. The molecule has 5 heteroatoms. The average Bonchev–Trinajstić information content (AvgIpc) is 3.05. The van der Waals surface area contributed by atoms with Crippen LogP contribution in [-0.4, -0.2) is 23.1 Å². The van der Waals surface area contributed by atoms with E-state index in [1.807, 2.05) is 51.1 Å². The molecule has 2 aromatic carbocycles. The summed E-state index contributed by atoms with van der Waals surface area (Å²) in [5.74, 6) is 0.475. The predicted molar refractivity (Wildman–Crippen MR) is 133 cm³/mol. The minimum Gasteiger partial charge on any atom is -0.385 e. The minimum atomic E-state index is -0.801. The first-order chi connectivity index (χ1) is 15.4. The zero-order valence-corrected chi connectivity index (χ0v) is 19.9. The van der Waals surface area contributed by atoms with Gasteiger partial charge in [0, 0.05) is 17.2 Å². The Bertz CT molecular complexity index is 1160.